The van der Waals surface area contributed by atoms with Gasteiger partial charge in [0.05, 0.1) is 0 Å². The molecule has 21 heavy (non-hydrogen) atoms. The standard InChI is InChI=1S/C20H21N/c1-3-21(4-2)19-13-9-16(10-14-19)15-18-12-11-17-7-5-6-8-20(17)18/h5-15H,3-4H2,1-2H3/b18-15-. The van der Waals surface area contributed by atoms with Crippen molar-refractivity contribution in [2.24, 2.45) is 0 Å². The number of anilines is 1. The minimum absolute atomic E-state index is 1.05. The largest absolute Gasteiger partial charge is 0.372 e. The fourth-order valence-corrected chi connectivity index (χ4v) is 2.85. The van der Waals surface area contributed by atoms with E-state index in [1.165, 1.54) is 28.0 Å². The van der Waals surface area contributed by atoms with Gasteiger partial charge in [-0.05, 0) is 54.3 Å². The summed E-state index contributed by atoms with van der Waals surface area (Å²) in [7, 11) is 0. The van der Waals surface area contributed by atoms with Gasteiger partial charge in [-0.2, -0.15) is 0 Å². The Balaban J connectivity index is 1.86. The van der Waals surface area contributed by atoms with Gasteiger partial charge < -0.3 is 4.90 Å². The quantitative estimate of drug-likeness (QED) is 0.750. The normalized spacial score (nSPS) is 14.5. The second-order valence-corrected chi connectivity index (χ2v) is 5.28. The molecule has 1 nitrogen and oxygen atoms in total. The third kappa shape index (κ3) is 2.78. The SMILES string of the molecule is CCN(CC)c1ccc(/C=C2/C=Cc3ccccc32)cc1. The van der Waals surface area contributed by atoms with Crippen LogP contribution in [0.1, 0.15) is 30.5 Å². The summed E-state index contributed by atoms with van der Waals surface area (Å²) in [6, 6.07) is 17.4. The Kier molecular flexibility index (Phi) is 3.92. The maximum Gasteiger partial charge on any atom is 0.0366 e. The van der Waals surface area contributed by atoms with Gasteiger partial charge in [-0.15, -0.1) is 0 Å². The van der Waals surface area contributed by atoms with Crippen LogP contribution in [0, 0.1) is 0 Å². The first-order valence-corrected chi connectivity index (χ1v) is 7.66. The van der Waals surface area contributed by atoms with Crippen molar-refractivity contribution in [3.8, 4) is 0 Å². The number of nitrogens with zero attached hydrogens (tertiary/aromatic N) is 1. The Hall–Kier alpha value is -2.28. The number of hydrogen-bond donors (Lipinski definition) is 0. The molecule has 0 saturated heterocycles. The molecule has 0 aliphatic heterocycles. The lowest BCUT2D eigenvalue weighted by molar-refractivity contribution is 0.866. The number of rotatable bonds is 4. The van der Waals surface area contributed by atoms with E-state index in [2.05, 4.69) is 85.5 Å². The summed E-state index contributed by atoms with van der Waals surface area (Å²) in [4.78, 5) is 2.36. The van der Waals surface area contributed by atoms with Crippen LogP contribution in [0.15, 0.2) is 54.6 Å². The van der Waals surface area contributed by atoms with Gasteiger partial charge in [0.1, 0.15) is 0 Å². The van der Waals surface area contributed by atoms with Crippen molar-refractivity contribution in [2.45, 2.75) is 13.8 Å². The van der Waals surface area contributed by atoms with E-state index >= 15 is 0 Å². The molecule has 0 N–H and O–H groups in total. The molecular formula is C20H21N. The molecule has 1 aliphatic rings. The maximum atomic E-state index is 2.36. The predicted molar refractivity (Wildman–Crippen MR) is 93.4 cm³/mol. The van der Waals surface area contributed by atoms with Crippen LogP contribution < -0.4 is 4.90 Å². The van der Waals surface area contributed by atoms with Gasteiger partial charge in [-0.3, -0.25) is 0 Å². The minimum atomic E-state index is 1.05. The van der Waals surface area contributed by atoms with Crippen molar-refractivity contribution in [3.05, 3.63) is 71.3 Å². The Morgan fingerprint density at radius 3 is 2.29 bits per heavy atom. The molecule has 106 valence electrons. The first kappa shape index (κ1) is 13.7. The Bertz CT molecular complexity index is 673. The van der Waals surface area contributed by atoms with Crippen molar-refractivity contribution in [1.82, 2.24) is 0 Å². The van der Waals surface area contributed by atoms with Gasteiger partial charge in [0.15, 0.2) is 0 Å². The minimum Gasteiger partial charge on any atom is -0.372 e. The zero-order valence-corrected chi connectivity index (χ0v) is 12.7. The first-order chi connectivity index (χ1) is 10.3. The van der Waals surface area contributed by atoms with E-state index in [9.17, 15) is 0 Å². The van der Waals surface area contributed by atoms with Crippen LogP contribution in [-0.2, 0) is 0 Å². The van der Waals surface area contributed by atoms with E-state index in [-0.39, 0.29) is 0 Å². The van der Waals surface area contributed by atoms with Crippen LogP contribution in [0.5, 0.6) is 0 Å². The van der Waals surface area contributed by atoms with Gasteiger partial charge in [0, 0.05) is 18.8 Å². The smallest absolute Gasteiger partial charge is 0.0366 e. The van der Waals surface area contributed by atoms with E-state index in [4.69, 9.17) is 0 Å². The molecule has 0 unspecified atom stereocenters. The topological polar surface area (TPSA) is 3.24 Å². The first-order valence-electron chi connectivity index (χ1n) is 7.66. The summed E-state index contributed by atoms with van der Waals surface area (Å²) in [5.74, 6) is 0. The lowest BCUT2D eigenvalue weighted by Crippen LogP contribution is -2.21. The molecule has 0 saturated carbocycles. The highest BCUT2D eigenvalue weighted by Crippen LogP contribution is 2.30. The molecule has 0 aromatic heterocycles. The van der Waals surface area contributed by atoms with E-state index in [1.807, 2.05) is 0 Å². The molecule has 0 bridgehead atoms. The number of fused-ring (bicyclic) bond motifs is 1. The van der Waals surface area contributed by atoms with Crippen molar-refractivity contribution in [3.63, 3.8) is 0 Å². The van der Waals surface area contributed by atoms with Crippen molar-refractivity contribution in [2.75, 3.05) is 18.0 Å². The number of allylic oxidation sites excluding steroid dienone is 2. The molecule has 0 spiro atoms. The molecule has 0 amide bonds. The molecule has 2 aromatic rings. The van der Waals surface area contributed by atoms with E-state index < -0.39 is 0 Å². The highest BCUT2D eigenvalue weighted by Gasteiger charge is 2.09. The van der Waals surface area contributed by atoms with Gasteiger partial charge in [0.25, 0.3) is 0 Å². The average Bonchev–Trinajstić information content (AvgIpc) is 2.93. The van der Waals surface area contributed by atoms with Crippen LogP contribution in [0.4, 0.5) is 5.69 Å². The molecule has 2 aromatic carbocycles. The Morgan fingerprint density at radius 1 is 0.857 bits per heavy atom. The Labute approximate surface area is 127 Å². The van der Waals surface area contributed by atoms with Crippen molar-refractivity contribution in [1.29, 1.82) is 0 Å². The van der Waals surface area contributed by atoms with Crippen LogP contribution in [-0.4, -0.2) is 13.1 Å². The van der Waals surface area contributed by atoms with Crippen LogP contribution in [0.3, 0.4) is 0 Å². The average molecular weight is 275 g/mol. The lowest BCUT2D eigenvalue weighted by Gasteiger charge is -2.20. The molecule has 1 heteroatoms. The second kappa shape index (κ2) is 6.01. The van der Waals surface area contributed by atoms with Crippen molar-refractivity contribution < 1.29 is 0 Å². The van der Waals surface area contributed by atoms with Gasteiger partial charge in [-0.1, -0.05) is 48.6 Å². The zero-order chi connectivity index (χ0) is 14.7. The van der Waals surface area contributed by atoms with E-state index in [1.54, 1.807) is 0 Å². The maximum absolute atomic E-state index is 2.36. The van der Waals surface area contributed by atoms with Crippen LogP contribution >= 0.6 is 0 Å². The van der Waals surface area contributed by atoms with E-state index in [0.717, 1.165) is 13.1 Å². The third-order valence-electron chi connectivity index (χ3n) is 4.06. The summed E-state index contributed by atoms with van der Waals surface area (Å²) in [6.07, 6.45) is 6.64. The predicted octanol–water partition coefficient (Wildman–Crippen LogP) is 5.10. The summed E-state index contributed by atoms with van der Waals surface area (Å²) in [5.41, 5.74) is 6.47. The molecular weight excluding hydrogens is 254 g/mol. The number of benzene rings is 2. The lowest BCUT2D eigenvalue weighted by atomic mass is 10.0. The summed E-state index contributed by atoms with van der Waals surface area (Å²) < 4.78 is 0. The number of hydrogen-bond acceptors (Lipinski definition) is 1. The monoisotopic (exact) mass is 275 g/mol. The highest BCUT2D eigenvalue weighted by atomic mass is 15.1. The molecule has 0 fully saturated rings. The highest BCUT2D eigenvalue weighted by molar-refractivity contribution is 5.97. The van der Waals surface area contributed by atoms with Crippen LogP contribution in [0.2, 0.25) is 0 Å². The molecule has 0 heterocycles. The molecule has 0 radical (unpaired) electrons. The molecule has 1 aliphatic carbocycles. The summed E-state index contributed by atoms with van der Waals surface area (Å²) in [5, 5.41) is 0. The van der Waals surface area contributed by atoms with Gasteiger partial charge in [-0.25, -0.2) is 0 Å². The molecule has 0 atom stereocenters. The summed E-state index contributed by atoms with van der Waals surface area (Å²) >= 11 is 0. The van der Waals surface area contributed by atoms with Crippen molar-refractivity contribution >= 4 is 23.4 Å². The fraction of sp³-hybridized carbons (Fsp3) is 0.200. The van der Waals surface area contributed by atoms with Gasteiger partial charge >= 0.3 is 0 Å². The summed E-state index contributed by atoms with van der Waals surface area (Å²) in [6.45, 7) is 6.49. The third-order valence-corrected chi connectivity index (χ3v) is 4.06. The van der Waals surface area contributed by atoms with E-state index in [0.29, 0.717) is 0 Å². The second-order valence-electron chi connectivity index (χ2n) is 5.28. The Morgan fingerprint density at radius 2 is 1.57 bits per heavy atom. The molecule has 3 rings (SSSR count). The fourth-order valence-electron chi connectivity index (χ4n) is 2.85. The zero-order valence-electron chi connectivity index (χ0n) is 12.7. The van der Waals surface area contributed by atoms with Gasteiger partial charge in [0.2, 0.25) is 0 Å². The van der Waals surface area contributed by atoms with Crippen LogP contribution in [0.25, 0.3) is 17.7 Å².